The summed E-state index contributed by atoms with van der Waals surface area (Å²) in [4.78, 5) is 22.9. The van der Waals surface area contributed by atoms with Crippen LogP contribution in [0.2, 0.25) is 0 Å². The Morgan fingerprint density at radius 3 is 2.11 bits per heavy atom. The molecule has 92 valence electrons. The highest BCUT2D eigenvalue weighted by molar-refractivity contribution is 6.83. The molecule has 2 nitrogen and oxygen atoms in total. The van der Waals surface area contributed by atoms with E-state index < -0.39 is 11.0 Å². The van der Waals surface area contributed by atoms with E-state index in [1.54, 1.807) is 12.1 Å². The molecule has 0 spiro atoms. The van der Waals surface area contributed by atoms with Crippen molar-refractivity contribution in [2.45, 2.75) is 0 Å². The summed E-state index contributed by atoms with van der Waals surface area (Å²) in [6.45, 7) is 0. The summed E-state index contributed by atoms with van der Waals surface area (Å²) >= 11 is 5.29. The molecule has 0 saturated carbocycles. The minimum atomic E-state index is -0.958. The van der Waals surface area contributed by atoms with Crippen molar-refractivity contribution in [3.05, 3.63) is 60.2 Å². The number of rotatable bonds is 2. The van der Waals surface area contributed by atoms with Crippen LogP contribution < -0.4 is 0 Å². The largest absolute Gasteiger partial charge is 0.293 e. The molecule has 0 bridgehead atoms. The monoisotopic (exact) mass is 268 g/mol. The molecule has 0 saturated heterocycles. The number of halogens is 1. The van der Waals surface area contributed by atoms with E-state index >= 15 is 0 Å². The van der Waals surface area contributed by atoms with Crippen molar-refractivity contribution in [1.82, 2.24) is 0 Å². The molecule has 0 aliphatic rings. The van der Waals surface area contributed by atoms with Crippen molar-refractivity contribution in [2.24, 2.45) is 0 Å². The van der Waals surface area contributed by atoms with E-state index in [9.17, 15) is 9.59 Å². The number of Topliss-reactive ketones (excluding diaryl/α,β-unsaturated/α-hetero) is 1. The molecule has 0 unspecified atom stereocenters. The normalized spacial score (nSPS) is 10.8. The van der Waals surface area contributed by atoms with Gasteiger partial charge in [-0.25, -0.2) is 0 Å². The highest BCUT2D eigenvalue weighted by Crippen LogP contribution is 2.26. The summed E-state index contributed by atoms with van der Waals surface area (Å²) in [7, 11) is 0. The first-order chi connectivity index (χ1) is 9.16. The lowest BCUT2D eigenvalue weighted by Gasteiger charge is -2.06. The van der Waals surface area contributed by atoms with Crippen molar-refractivity contribution in [2.75, 3.05) is 0 Å². The summed E-state index contributed by atoms with van der Waals surface area (Å²) in [5, 5.41) is 2.83. The van der Waals surface area contributed by atoms with Crippen molar-refractivity contribution in [3.8, 4) is 0 Å². The van der Waals surface area contributed by atoms with Gasteiger partial charge < -0.3 is 0 Å². The number of ketones is 1. The van der Waals surface area contributed by atoms with Gasteiger partial charge in [0.1, 0.15) is 0 Å². The van der Waals surface area contributed by atoms with Gasteiger partial charge >= 0.3 is 0 Å². The van der Waals surface area contributed by atoms with E-state index in [4.69, 9.17) is 11.6 Å². The maximum absolute atomic E-state index is 11.8. The summed E-state index contributed by atoms with van der Waals surface area (Å²) in [5.74, 6) is -0.664. The van der Waals surface area contributed by atoms with Crippen LogP contribution in [0.3, 0.4) is 0 Å². The third kappa shape index (κ3) is 2.00. The minimum Gasteiger partial charge on any atom is -0.284 e. The lowest BCUT2D eigenvalue weighted by Crippen LogP contribution is -2.07. The molecule has 0 heterocycles. The first-order valence-corrected chi connectivity index (χ1v) is 6.20. The molecule has 3 rings (SSSR count). The van der Waals surface area contributed by atoms with E-state index in [1.165, 1.54) is 0 Å². The first-order valence-electron chi connectivity index (χ1n) is 5.82. The zero-order chi connectivity index (χ0) is 13.4. The molecule has 0 radical (unpaired) electrons. The van der Waals surface area contributed by atoms with Crippen molar-refractivity contribution in [3.63, 3.8) is 0 Å². The second-order valence-corrected chi connectivity index (χ2v) is 4.67. The van der Waals surface area contributed by atoms with Crippen LogP contribution in [0.1, 0.15) is 10.4 Å². The quantitative estimate of drug-likeness (QED) is 0.305. The molecular weight excluding hydrogens is 260 g/mol. The maximum atomic E-state index is 11.8. The average Bonchev–Trinajstić information content (AvgIpc) is 2.43. The zero-order valence-corrected chi connectivity index (χ0v) is 10.6. The number of carbonyl (C=O) groups excluding carboxylic acids is 2. The van der Waals surface area contributed by atoms with E-state index in [-0.39, 0.29) is 0 Å². The molecule has 3 aromatic carbocycles. The fraction of sp³-hybridized carbons (Fsp3) is 0. The summed E-state index contributed by atoms with van der Waals surface area (Å²) in [6, 6.07) is 17.1. The molecule has 0 amide bonds. The Morgan fingerprint density at radius 1 is 0.789 bits per heavy atom. The fourth-order valence-corrected chi connectivity index (χ4v) is 2.37. The van der Waals surface area contributed by atoms with Crippen molar-refractivity contribution < 1.29 is 9.59 Å². The SMILES string of the molecule is O=C(Cl)C(=O)c1cccc2cc3ccccc3cc12. The highest BCUT2D eigenvalue weighted by Gasteiger charge is 2.16. The molecule has 0 aliphatic carbocycles. The van der Waals surface area contributed by atoms with Gasteiger partial charge in [0.25, 0.3) is 5.24 Å². The third-order valence-electron chi connectivity index (χ3n) is 3.17. The van der Waals surface area contributed by atoms with Gasteiger partial charge in [-0.1, -0.05) is 42.5 Å². The Hall–Kier alpha value is -2.19. The van der Waals surface area contributed by atoms with Crippen LogP contribution in [0.4, 0.5) is 0 Å². The molecule has 0 atom stereocenters. The molecule has 0 fully saturated rings. The molecule has 0 N–H and O–H groups in total. The second-order valence-electron chi connectivity index (χ2n) is 4.33. The van der Waals surface area contributed by atoms with Gasteiger partial charge in [-0.15, -0.1) is 0 Å². The lowest BCUT2D eigenvalue weighted by atomic mass is 9.98. The first kappa shape index (κ1) is 11.9. The van der Waals surface area contributed by atoms with Crippen LogP contribution in [-0.2, 0) is 4.79 Å². The van der Waals surface area contributed by atoms with Gasteiger partial charge in [0, 0.05) is 5.56 Å². The minimum absolute atomic E-state index is 0.350. The van der Waals surface area contributed by atoms with E-state index in [1.807, 2.05) is 42.5 Å². The summed E-state index contributed by atoms with van der Waals surface area (Å²) in [6.07, 6.45) is 0. The third-order valence-corrected chi connectivity index (χ3v) is 3.34. The van der Waals surface area contributed by atoms with Gasteiger partial charge in [0.15, 0.2) is 0 Å². The van der Waals surface area contributed by atoms with Crippen LogP contribution in [0.15, 0.2) is 54.6 Å². The van der Waals surface area contributed by atoms with Crippen LogP contribution in [0.25, 0.3) is 21.5 Å². The van der Waals surface area contributed by atoms with Gasteiger partial charge in [-0.05, 0) is 45.3 Å². The number of benzene rings is 3. The number of carbonyl (C=O) groups is 2. The predicted octanol–water partition coefficient (Wildman–Crippen LogP) is 3.94. The molecule has 3 heteroatoms. The lowest BCUT2D eigenvalue weighted by molar-refractivity contribution is -0.108. The number of hydrogen-bond acceptors (Lipinski definition) is 2. The Bertz CT molecular complexity index is 821. The van der Waals surface area contributed by atoms with Crippen molar-refractivity contribution in [1.29, 1.82) is 0 Å². The van der Waals surface area contributed by atoms with Crippen LogP contribution in [0.5, 0.6) is 0 Å². The smallest absolute Gasteiger partial charge is 0.284 e. The number of fused-ring (bicyclic) bond motifs is 2. The fourth-order valence-electron chi connectivity index (χ4n) is 2.27. The highest BCUT2D eigenvalue weighted by atomic mass is 35.5. The second kappa shape index (κ2) is 4.48. The van der Waals surface area contributed by atoms with E-state index in [2.05, 4.69) is 0 Å². The molecule has 19 heavy (non-hydrogen) atoms. The molecule has 0 aromatic heterocycles. The van der Waals surface area contributed by atoms with Gasteiger partial charge in [-0.2, -0.15) is 0 Å². The van der Waals surface area contributed by atoms with Crippen LogP contribution in [0, 0.1) is 0 Å². The van der Waals surface area contributed by atoms with Gasteiger partial charge in [-0.3, -0.25) is 9.59 Å². The standard InChI is InChI=1S/C16H9ClO2/c17-16(19)15(18)13-7-3-6-12-8-10-4-1-2-5-11(10)9-14(12)13/h1-9H. The molecule has 3 aromatic rings. The maximum Gasteiger partial charge on any atom is 0.293 e. The zero-order valence-electron chi connectivity index (χ0n) is 9.89. The summed E-state index contributed by atoms with van der Waals surface area (Å²) in [5.41, 5.74) is 0.350. The number of hydrogen-bond donors (Lipinski definition) is 0. The topological polar surface area (TPSA) is 34.1 Å². The Morgan fingerprint density at radius 2 is 1.42 bits per heavy atom. The van der Waals surface area contributed by atoms with Crippen molar-refractivity contribution >= 4 is 44.2 Å². The van der Waals surface area contributed by atoms with Crippen LogP contribution >= 0.6 is 11.6 Å². The van der Waals surface area contributed by atoms with E-state index in [0.29, 0.717) is 5.56 Å². The average molecular weight is 269 g/mol. The Kier molecular flexibility index (Phi) is 2.80. The predicted molar refractivity (Wildman–Crippen MR) is 76.6 cm³/mol. The molecular formula is C16H9ClO2. The van der Waals surface area contributed by atoms with E-state index in [0.717, 1.165) is 21.5 Å². The van der Waals surface area contributed by atoms with Gasteiger partial charge in [0.2, 0.25) is 5.78 Å². The Balaban J connectivity index is 2.38. The summed E-state index contributed by atoms with van der Waals surface area (Å²) < 4.78 is 0. The van der Waals surface area contributed by atoms with Gasteiger partial charge in [0.05, 0.1) is 0 Å². The molecule has 0 aliphatic heterocycles. The van der Waals surface area contributed by atoms with Crippen LogP contribution in [-0.4, -0.2) is 11.0 Å². The Labute approximate surface area is 114 Å².